The van der Waals surface area contributed by atoms with Gasteiger partial charge < -0.3 is 9.88 Å². The van der Waals surface area contributed by atoms with Crippen molar-refractivity contribution in [2.45, 2.75) is 33.4 Å². The maximum atomic E-state index is 11.6. The largest absolute Gasteiger partial charge is 0.314 e. The predicted octanol–water partition coefficient (Wildman–Crippen LogP) is 1.17. The highest BCUT2D eigenvalue weighted by Crippen LogP contribution is 2.21. The van der Waals surface area contributed by atoms with Crippen molar-refractivity contribution < 1.29 is 0 Å². The number of rotatable bonds is 3. The fraction of sp³-hybridized carbons (Fsp3) is 0.667. The Kier molecular flexibility index (Phi) is 4.42. The van der Waals surface area contributed by atoms with Crippen LogP contribution in [0.5, 0.6) is 0 Å². The topological polar surface area (TPSA) is 37.3 Å². The molecule has 1 aromatic heterocycles. The standard InChI is InChI=1S/C15H25N3O/c1-15(2,3)13-12-17(9-7-16-13)10-11-18-8-5-4-6-14(18)19/h4-6,8,13,16H,7,9-12H2,1-3H3. The van der Waals surface area contributed by atoms with Crippen LogP contribution in [0.1, 0.15) is 20.8 Å². The van der Waals surface area contributed by atoms with Crippen LogP contribution in [-0.4, -0.2) is 41.7 Å². The number of hydrogen-bond acceptors (Lipinski definition) is 3. The Morgan fingerprint density at radius 1 is 1.32 bits per heavy atom. The average Bonchev–Trinajstić information content (AvgIpc) is 2.37. The normalized spacial score (nSPS) is 21.5. The van der Waals surface area contributed by atoms with Crippen molar-refractivity contribution in [2.75, 3.05) is 26.2 Å². The Bertz CT molecular complexity index is 461. The number of nitrogens with zero attached hydrogens (tertiary/aromatic N) is 2. The highest BCUT2D eigenvalue weighted by molar-refractivity contribution is 4.93. The second kappa shape index (κ2) is 5.88. The van der Waals surface area contributed by atoms with Gasteiger partial charge in [0.1, 0.15) is 0 Å². The SMILES string of the molecule is CC(C)(C)C1CN(CCn2ccccc2=O)CCN1. The molecule has 4 nitrogen and oxygen atoms in total. The molecule has 0 bridgehead atoms. The Morgan fingerprint density at radius 3 is 2.79 bits per heavy atom. The fourth-order valence-corrected chi connectivity index (χ4v) is 2.49. The van der Waals surface area contributed by atoms with Crippen LogP contribution in [0.2, 0.25) is 0 Å². The molecule has 1 atom stereocenters. The molecule has 2 heterocycles. The average molecular weight is 263 g/mol. The van der Waals surface area contributed by atoms with Gasteiger partial charge >= 0.3 is 0 Å². The first kappa shape index (κ1) is 14.3. The number of aromatic nitrogens is 1. The lowest BCUT2D eigenvalue weighted by Gasteiger charge is -2.40. The molecule has 1 aromatic rings. The fourth-order valence-electron chi connectivity index (χ4n) is 2.49. The molecule has 19 heavy (non-hydrogen) atoms. The molecule has 1 aliphatic rings. The van der Waals surface area contributed by atoms with E-state index in [0.717, 1.165) is 32.7 Å². The second-order valence-electron chi connectivity index (χ2n) is 6.41. The van der Waals surface area contributed by atoms with E-state index in [1.54, 1.807) is 16.7 Å². The summed E-state index contributed by atoms with van der Waals surface area (Å²) in [5, 5.41) is 3.59. The summed E-state index contributed by atoms with van der Waals surface area (Å²) in [6.45, 7) is 11.7. The first-order valence-corrected chi connectivity index (χ1v) is 7.08. The minimum Gasteiger partial charge on any atom is -0.314 e. The predicted molar refractivity (Wildman–Crippen MR) is 78.4 cm³/mol. The molecule has 2 rings (SSSR count). The van der Waals surface area contributed by atoms with E-state index in [1.807, 2.05) is 12.3 Å². The molecule has 1 saturated heterocycles. The Labute approximate surface area is 115 Å². The van der Waals surface area contributed by atoms with E-state index in [4.69, 9.17) is 0 Å². The molecule has 0 radical (unpaired) electrons. The van der Waals surface area contributed by atoms with Crippen molar-refractivity contribution in [3.8, 4) is 0 Å². The summed E-state index contributed by atoms with van der Waals surface area (Å²) >= 11 is 0. The summed E-state index contributed by atoms with van der Waals surface area (Å²) in [5.74, 6) is 0. The Balaban J connectivity index is 1.90. The van der Waals surface area contributed by atoms with Gasteiger partial charge in [-0.2, -0.15) is 0 Å². The maximum absolute atomic E-state index is 11.6. The Morgan fingerprint density at radius 2 is 2.11 bits per heavy atom. The number of nitrogens with one attached hydrogen (secondary N) is 1. The Hall–Kier alpha value is -1.13. The van der Waals surface area contributed by atoms with E-state index in [0.29, 0.717) is 6.04 Å². The molecule has 1 unspecified atom stereocenters. The van der Waals surface area contributed by atoms with Gasteiger partial charge in [0.05, 0.1) is 0 Å². The van der Waals surface area contributed by atoms with Crippen molar-refractivity contribution in [1.82, 2.24) is 14.8 Å². The van der Waals surface area contributed by atoms with Crippen molar-refractivity contribution in [1.29, 1.82) is 0 Å². The molecule has 0 amide bonds. The zero-order chi connectivity index (χ0) is 13.9. The summed E-state index contributed by atoms with van der Waals surface area (Å²) in [6.07, 6.45) is 1.87. The van der Waals surface area contributed by atoms with Crippen molar-refractivity contribution in [3.63, 3.8) is 0 Å². The van der Waals surface area contributed by atoms with Crippen LogP contribution in [-0.2, 0) is 6.54 Å². The third-order valence-electron chi connectivity index (χ3n) is 3.86. The zero-order valence-corrected chi connectivity index (χ0v) is 12.2. The van der Waals surface area contributed by atoms with Crippen LogP contribution in [0.3, 0.4) is 0 Å². The third-order valence-corrected chi connectivity index (χ3v) is 3.86. The third kappa shape index (κ3) is 3.91. The second-order valence-corrected chi connectivity index (χ2v) is 6.41. The van der Waals surface area contributed by atoms with Crippen LogP contribution < -0.4 is 10.9 Å². The van der Waals surface area contributed by atoms with Crippen LogP contribution in [0.25, 0.3) is 0 Å². The van der Waals surface area contributed by atoms with Crippen molar-refractivity contribution in [3.05, 3.63) is 34.7 Å². The molecule has 0 spiro atoms. The molecule has 0 saturated carbocycles. The number of pyridine rings is 1. The van der Waals surface area contributed by atoms with Crippen LogP contribution in [0.4, 0.5) is 0 Å². The van der Waals surface area contributed by atoms with Gasteiger partial charge in [0.15, 0.2) is 0 Å². The molecule has 1 fully saturated rings. The summed E-state index contributed by atoms with van der Waals surface area (Å²) in [5.41, 5.74) is 0.368. The quantitative estimate of drug-likeness (QED) is 0.889. The van der Waals surface area contributed by atoms with Crippen LogP contribution in [0.15, 0.2) is 29.2 Å². The van der Waals surface area contributed by atoms with Gasteiger partial charge in [-0.1, -0.05) is 26.8 Å². The van der Waals surface area contributed by atoms with Gasteiger partial charge in [0.25, 0.3) is 5.56 Å². The van der Waals surface area contributed by atoms with Gasteiger partial charge in [-0.3, -0.25) is 9.69 Å². The van der Waals surface area contributed by atoms with E-state index in [1.165, 1.54) is 0 Å². The molecule has 1 aliphatic heterocycles. The maximum Gasteiger partial charge on any atom is 0.250 e. The summed E-state index contributed by atoms with van der Waals surface area (Å²) in [7, 11) is 0. The van der Waals surface area contributed by atoms with E-state index in [9.17, 15) is 4.79 Å². The number of piperazine rings is 1. The molecule has 0 aliphatic carbocycles. The number of hydrogen-bond donors (Lipinski definition) is 1. The smallest absolute Gasteiger partial charge is 0.250 e. The van der Waals surface area contributed by atoms with E-state index < -0.39 is 0 Å². The molecule has 1 N–H and O–H groups in total. The highest BCUT2D eigenvalue weighted by Gasteiger charge is 2.28. The summed E-state index contributed by atoms with van der Waals surface area (Å²) in [6, 6.07) is 5.85. The van der Waals surface area contributed by atoms with E-state index in [-0.39, 0.29) is 11.0 Å². The highest BCUT2D eigenvalue weighted by atomic mass is 16.1. The van der Waals surface area contributed by atoms with Gasteiger partial charge in [0, 0.05) is 51.0 Å². The summed E-state index contributed by atoms with van der Waals surface area (Å²) < 4.78 is 1.79. The first-order chi connectivity index (χ1) is 8.97. The monoisotopic (exact) mass is 263 g/mol. The van der Waals surface area contributed by atoms with Crippen molar-refractivity contribution >= 4 is 0 Å². The first-order valence-electron chi connectivity index (χ1n) is 7.08. The lowest BCUT2D eigenvalue weighted by molar-refractivity contribution is 0.131. The minimum absolute atomic E-state index is 0.0880. The lowest BCUT2D eigenvalue weighted by atomic mass is 9.85. The van der Waals surface area contributed by atoms with Gasteiger partial charge in [-0.15, -0.1) is 0 Å². The summed E-state index contributed by atoms with van der Waals surface area (Å²) in [4.78, 5) is 14.1. The zero-order valence-electron chi connectivity index (χ0n) is 12.2. The van der Waals surface area contributed by atoms with Crippen molar-refractivity contribution in [2.24, 2.45) is 5.41 Å². The molecule has 106 valence electrons. The molecule has 4 heteroatoms. The molecular formula is C15H25N3O. The molecule has 0 aromatic carbocycles. The van der Waals surface area contributed by atoms with Gasteiger partial charge in [0.2, 0.25) is 0 Å². The van der Waals surface area contributed by atoms with Gasteiger partial charge in [-0.25, -0.2) is 0 Å². The lowest BCUT2D eigenvalue weighted by Crippen LogP contribution is -2.56. The van der Waals surface area contributed by atoms with Gasteiger partial charge in [-0.05, 0) is 11.5 Å². The van der Waals surface area contributed by atoms with E-state index in [2.05, 4.69) is 31.0 Å². The molecular weight excluding hydrogens is 238 g/mol. The van der Waals surface area contributed by atoms with Crippen LogP contribution >= 0.6 is 0 Å². The minimum atomic E-state index is 0.0880. The van der Waals surface area contributed by atoms with E-state index >= 15 is 0 Å². The van der Waals surface area contributed by atoms with Crippen LogP contribution in [0, 0.1) is 5.41 Å².